The summed E-state index contributed by atoms with van der Waals surface area (Å²) in [5.74, 6) is -2.97. The summed E-state index contributed by atoms with van der Waals surface area (Å²) in [6.07, 6.45) is -0.314. The molecule has 4 N–H and O–H groups in total. The second kappa shape index (κ2) is 4.21. The highest BCUT2D eigenvalue weighted by atomic mass is 16.2. The van der Waals surface area contributed by atoms with Crippen molar-refractivity contribution in [1.29, 1.82) is 0 Å². The van der Waals surface area contributed by atoms with Gasteiger partial charge in [-0.25, -0.2) is 0 Å². The third-order valence-corrected chi connectivity index (χ3v) is 1.80. The van der Waals surface area contributed by atoms with Crippen LogP contribution in [0.1, 0.15) is 27.2 Å². The molecule has 1 atom stereocenters. The molecule has 0 rings (SSSR count). The van der Waals surface area contributed by atoms with E-state index < -0.39 is 23.1 Å². The van der Waals surface area contributed by atoms with Crippen molar-refractivity contribution < 1.29 is 14.4 Å². The van der Waals surface area contributed by atoms with Crippen LogP contribution in [0.15, 0.2) is 0 Å². The Morgan fingerprint density at radius 1 is 1.14 bits per heavy atom. The predicted octanol–water partition coefficient (Wildman–Crippen LogP) is -0.421. The molecule has 0 spiro atoms. The standard InChI is InChI=1S/C9H16N2O3/c1-9(2,3)7(13)5(8(11)14)4-6(10)12/h5H,4H2,1-3H3,(H2,10,12)(H2,11,14). The summed E-state index contributed by atoms with van der Waals surface area (Å²) in [5.41, 5.74) is 9.23. The minimum absolute atomic E-state index is 0.314. The third kappa shape index (κ3) is 3.55. The number of hydrogen-bond acceptors (Lipinski definition) is 3. The predicted molar refractivity (Wildman–Crippen MR) is 51.0 cm³/mol. The third-order valence-electron chi connectivity index (χ3n) is 1.80. The van der Waals surface area contributed by atoms with Gasteiger partial charge >= 0.3 is 0 Å². The van der Waals surface area contributed by atoms with E-state index in [0.29, 0.717) is 0 Å². The molecule has 1 unspecified atom stereocenters. The van der Waals surface area contributed by atoms with E-state index in [-0.39, 0.29) is 12.2 Å². The van der Waals surface area contributed by atoms with Gasteiger partial charge in [0.2, 0.25) is 11.8 Å². The van der Waals surface area contributed by atoms with E-state index in [2.05, 4.69) is 0 Å². The summed E-state index contributed by atoms with van der Waals surface area (Å²) < 4.78 is 0. The SMILES string of the molecule is CC(C)(C)C(=O)C(CC(N)=O)C(N)=O. The Morgan fingerprint density at radius 2 is 1.57 bits per heavy atom. The Labute approximate surface area is 82.8 Å². The Hall–Kier alpha value is -1.39. The highest BCUT2D eigenvalue weighted by Gasteiger charge is 2.34. The van der Waals surface area contributed by atoms with Gasteiger partial charge in [0.05, 0.1) is 0 Å². The van der Waals surface area contributed by atoms with E-state index >= 15 is 0 Å². The van der Waals surface area contributed by atoms with Crippen LogP contribution in [0.5, 0.6) is 0 Å². The van der Waals surface area contributed by atoms with Crippen molar-refractivity contribution in [1.82, 2.24) is 0 Å². The molecule has 0 radical (unpaired) electrons. The van der Waals surface area contributed by atoms with Crippen LogP contribution in [0.3, 0.4) is 0 Å². The lowest BCUT2D eigenvalue weighted by molar-refractivity contribution is -0.140. The van der Waals surface area contributed by atoms with Gasteiger partial charge in [0, 0.05) is 11.8 Å². The molecule has 0 saturated carbocycles. The Kier molecular flexibility index (Phi) is 3.80. The zero-order valence-corrected chi connectivity index (χ0v) is 8.66. The number of amides is 2. The number of rotatable bonds is 4. The van der Waals surface area contributed by atoms with Gasteiger partial charge in [-0.05, 0) is 0 Å². The maximum atomic E-state index is 11.6. The summed E-state index contributed by atoms with van der Waals surface area (Å²) in [4.78, 5) is 33.2. The quantitative estimate of drug-likeness (QED) is 0.602. The highest BCUT2D eigenvalue weighted by Crippen LogP contribution is 2.21. The minimum atomic E-state index is -1.10. The summed E-state index contributed by atoms with van der Waals surface area (Å²) in [7, 11) is 0. The summed E-state index contributed by atoms with van der Waals surface area (Å²) in [5, 5.41) is 0. The fourth-order valence-electron chi connectivity index (χ4n) is 1.05. The first-order chi connectivity index (χ1) is 6.16. The van der Waals surface area contributed by atoms with Crippen molar-refractivity contribution >= 4 is 17.6 Å². The lowest BCUT2D eigenvalue weighted by Gasteiger charge is -2.21. The minimum Gasteiger partial charge on any atom is -0.370 e. The number of hydrogen-bond donors (Lipinski definition) is 2. The second-order valence-corrected chi connectivity index (χ2v) is 4.24. The zero-order valence-electron chi connectivity index (χ0n) is 8.66. The molecular formula is C9H16N2O3. The first kappa shape index (κ1) is 12.6. The van der Waals surface area contributed by atoms with E-state index in [1.807, 2.05) is 0 Å². The molecule has 80 valence electrons. The molecule has 0 bridgehead atoms. The van der Waals surface area contributed by atoms with Crippen molar-refractivity contribution in [2.24, 2.45) is 22.8 Å². The molecule has 0 aliphatic heterocycles. The Balaban J connectivity index is 4.76. The van der Waals surface area contributed by atoms with Crippen molar-refractivity contribution in [2.75, 3.05) is 0 Å². The second-order valence-electron chi connectivity index (χ2n) is 4.24. The van der Waals surface area contributed by atoms with E-state index in [4.69, 9.17) is 11.5 Å². The van der Waals surface area contributed by atoms with Crippen LogP contribution < -0.4 is 11.5 Å². The molecule has 0 saturated heterocycles. The first-order valence-corrected chi connectivity index (χ1v) is 4.28. The lowest BCUT2D eigenvalue weighted by Crippen LogP contribution is -2.39. The van der Waals surface area contributed by atoms with Gasteiger partial charge in [-0.15, -0.1) is 0 Å². The molecule has 0 aromatic rings. The number of carbonyl (C=O) groups is 3. The number of ketones is 1. The van der Waals surface area contributed by atoms with Gasteiger partial charge < -0.3 is 11.5 Å². The average molecular weight is 200 g/mol. The number of Topliss-reactive ketones (excluding diaryl/α,β-unsaturated/α-hetero) is 1. The molecule has 0 heterocycles. The van der Waals surface area contributed by atoms with Crippen LogP contribution in [0.2, 0.25) is 0 Å². The fourth-order valence-corrected chi connectivity index (χ4v) is 1.05. The van der Waals surface area contributed by atoms with Crippen LogP contribution in [0.4, 0.5) is 0 Å². The van der Waals surface area contributed by atoms with Crippen molar-refractivity contribution in [3.8, 4) is 0 Å². The first-order valence-electron chi connectivity index (χ1n) is 4.28. The van der Waals surface area contributed by atoms with Gasteiger partial charge in [-0.2, -0.15) is 0 Å². The van der Waals surface area contributed by atoms with Gasteiger partial charge in [-0.1, -0.05) is 20.8 Å². The van der Waals surface area contributed by atoms with Gasteiger partial charge in [0.15, 0.2) is 5.78 Å². The van der Waals surface area contributed by atoms with Crippen molar-refractivity contribution in [3.63, 3.8) is 0 Å². The monoisotopic (exact) mass is 200 g/mol. The Bertz CT molecular complexity index is 266. The lowest BCUT2D eigenvalue weighted by atomic mass is 9.81. The summed E-state index contributed by atoms with van der Waals surface area (Å²) in [6, 6.07) is 0. The van der Waals surface area contributed by atoms with Gasteiger partial charge in [-0.3, -0.25) is 14.4 Å². The van der Waals surface area contributed by atoms with E-state index in [1.165, 1.54) is 0 Å². The molecule has 14 heavy (non-hydrogen) atoms. The molecule has 5 heteroatoms. The van der Waals surface area contributed by atoms with Crippen LogP contribution in [-0.2, 0) is 14.4 Å². The largest absolute Gasteiger partial charge is 0.370 e. The number of nitrogens with two attached hydrogens (primary N) is 2. The topological polar surface area (TPSA) is 103 Å². The van der Waals surface area contributed by atoms with Gasteiger partial charge in [0.1, 0.15) is 5.92 Å². The van der Waals surface area contributed by atoms with Crippen molar-refractivity contribution in [3.05, 3.63) is 0 Å². The molecule has 0 aromatic heterocycles. The normalized spacial score (nSPS) is 13.4. The average Bonchev–Trinajstić information content (AvgIpc) is 1.96. The van der Waals surface area contributed by atoms with Crippen LogP contribution >= 0.6 is 0 Å². The zero-order chi connectivity index (χ0) is 11.5. The molecule has 0 aliphatic rings. The number of primary amides is 2. The van der Waals surface area contributed by atoms with E-state index in [1.54, 1.807) is 20.8 Å². The van der Waals surface area contributed by atoms with Crippen molar-refractivity contribution in [2.45, 2.75) is 27.2 Å². The number of carbonyl (C=O) groups excluding carboxylic acids is 3. The molecule has 0 aromatic carbocycles. The maximum Gasteiger partial charge on any atom is 0.228 e. The molecule has 5 nitrogen and oxygen atoms in total. The fraction of sp³-hybridized carbons (Fsp3) is 0.667. The highest BCUT2D eigenvalue weighted by molar-refractivity contribution is 6.05. The van der Waals surface area contributed by atoms with Crippen LogP contribution in [0.25, 0.3) is 0 Å². The molecule has 0 aliphatic carbocycles. The smallest absolute Gasteiger partial charge is 0.228 e. The molecule has 0 fully saturated rings. The van der Waals surface area contributed by atoms with Crippen LogP contribution in [-0.4, -0.2) is 17.6 Å². The Morgan fingerprint density at radius 3 is 1.79 bits per heavy atom. The van der Waals surface area contributed by atoms with E-state index in [9.17, 15) is 14.4 Å². The van der Waals surface area contributed by atoms with Crippen LogP contribution in [0, 0.1) is 11.3 Å². The molecule has 2 amide bonds. The van der Waals surface area contributed by atoms with Gasteiger partial charge in [0.25, 0.3) is 0 Å². The molecular weight excluding hydrogens is 184 g/mol. The summed E-state index contributed by atoms with van der Waals surface area (Å²) >= 11 is 0. The van der Waals surface area contributed by atoms with E-state index in [0.717, 1.165) is 0 Å². The summed E-state index contributed by atoms with van der Waals surface area (Å²) in [6.45, 7) is 4.98. The maximum absolute atomic E-state index is 11.6.